The van der Waals surface area contributed by atoms with E-state index >= 15 is 0 Å². The predicted molar refractivity (Wildman–Crippen MR) is 78.3 cm³/mol. The maximum atomic E-state index is 13.0. The van der Waals surface area contributed by atoms with Crippen molar-refractivity contribution in [1.82, 2.24) is 15.0 Å². The van der Waals surface area contributed by atoms with Crippen molar-refractivity contribution in [2.75, 3.05) is 0 Å². The Balaban J connectivity index is 2.26. The van der Waals surface area contributed by atoms with Crippen LogP contribution in [0.1, 0.15) is 5.69 Å². The topological polar surface area (TPSA) is 38.7 Å². The molecule has 2 aromatic rings. The maximum Gasteiger partial charge on any atom is 0.219 e. The van der Waals surface area contributed by atoms with Crippen molar-refractivity contribution in [2.24, 2.45) is 0 Å². The Morgan fingerprint density at radius 3 is 2.29 bits per heavy atom. The number of halogens is 3. The van der Waals surface area contributed by atoms with Crippen molar-refractivity contribution in [3.05, 3.63) is 72.3 Å². The molecule has 0 spiro atoms. The Bertz CT molecular complexity index is 704. The van der Waals surface area contributed by atoms with Gasteiger partial charge in [0.05, 0.1) is 5.69 Å². The van der Waals surface area contributed by atoms with Crippen LogP contribution in [0, 0.1) is 11.9 Å². The highest BCUT2D eigenvalue weighted by Crippen LogP contribution is 2.18. The molecular formula is C15H10ClF2N3. The molecule has 0 aromatic carbocycles. The molecule has 0 aliphatic heterocycles. The van der Waals surface area contributed by atoms with E-state index in [-0.39, 0.29) is 5.82 Å². The molecular weight excluding hydrogens is 296 g/mol. The van der Waals surface area contributed by atoms with E-state index in [2.05, 4.69) is 28.1 Å². The lowest BCUT2D eigenvalue weighted by atomic mass is 10.1. The number of hydrogen-bond donors (Lipinski definition) is 0. The molecule has 3 nitrogen and oxygen atoms in total. The van der Waals surface area contributed by atoms with Gasteiger partial charge >= 0.3 is 0 Å². The summed E-state index contributed by atoms with van der Waals surface area (Å²) in [5.74, 6) is -1.94. The number of hydrogen-bond acceptors (Lipinski definition) is 3. The minimum atomic E-state index is -0.936. The second kappa shape index (κ2) is 6.37. The number of rotatable bonds is 4. The van der Waals surface area contributed by atoms with Gasteiger partial charge in [-0.05, 0) is 23.8 Å². The monoisotopic (exact) mass is 305 g/mol. The Morgan fingerprint density at radius 2 is 1.76 bits per heavy atom. The lowest BCUT2D eigenvalue weighted by Gasteiger charge is -2.03. The van der Waals surface area contributed by atoms with E-state index in [1.54, 1.807) is 24.3 Å². The van der Waals surface area contributed by atoms with Crippen LogP contribution in [0.25, 0.3) is 17.0 Å². The predicted octanol–water partition coefficient (Wildman–Crippen LogP) is 4.14. The third kappa shape index (κ3) is 4.03. The smallest absolute Gasteiger partial charge is 0.219 e. The molecule has 6 heteroatoms. The summed E-state index contributed by atoms with van der Waals surface area (Å²) < 4.78 is 26.1. The van der Waals surface area contributed by atoms with Crippen LogP contribution in [0.2, 0.25) is 0 Å². The van der Waals surface area contributed by atoms with E-state index in [1.807, 2.05) is 0 Å². The lowest BCUT2D eigenvalue weighted by Crippen LogP contribution is -1.97. The molecule has 106 valence electrons. The van der Waals surface area contributed by atoms with Gasteiger partial charge in [-0.15, -0.1) is 0 Å². The Kier molecular flexibility index (Phi) is 4.55. The number of nitrogens with zero attached hydrogens (tertiary/aromatic N) is 3. The van der Waals surface area contributed by atoms with Crippen molar-refractivity contribution >= 4 is 17.2 Å². The molecule has 0 aliphatic rings. The first-order chi connectivity index (χ1) is 9.95. The third-order valence-electron chi connectivity index (χ3n) is 2.48. The molecule has 0 radical (unpaired) electrons. The highest BCUT2D eigenvalue weighted by molar-refractivity contribution is 6.30. The summed E-state index contributed by atoms with van der Waals surface area (Å²) in [6.45, 7) is 7.35. The van der Waals surface area contributed by atoms with E-state index in [4.69, 9.17) is 11.6 Å². The Hall–Kier alpha value is -2.40. The zero-order valence-electron chi connectivity index (χ0n) is 10.9. The van der Waals surface area contributed by atoms with Gasteiger partial charge in [0, 0.05) is 22.9 Å². The molecule has 0 bridgehead atoms. The molecule has 0 saturated carbocycles. The van der Waals surface area contributed by atoms with Gasteiger partial charge in [0.25, 0.3) is 0 Å². The van der Waals surface area contributed by atoms with Crippen molar-refractivity contribution < 1.29 is 8.78 Å². The van der Waals surface area contributed by atoms with Crippen LogP contribution in [0.5, 0.6) is 0 Å². The van der Waals surface area contributed by atoms with Gasteiger partial charge in [0.1, 0.15) is 0 Å². The van der Waals surface area contributed by atoms with E-state index in [0.717, 1.165) is 0 Å². The summed E-state index contributed by atoms with van der Waals surface area (Å²) in [7, 11) is 0. The summed E-state index contributed by atoms with van der Waals surface area (Å²) >= 11 is 5.61. The third-order valence-corrected chi connectivity index (χ3v) is 2.61. The fraction of sp³-hybridized carbons (Fsp3) is 0. The number of aromatic nitrogens is 3. The second-order valence-corrected chi connectivity index (χ2v) is 4.56. The first kappa shape index (κ1) is 15.0. The van der Waals surface area contributed by atoms with Crippen LogP contribution in [0.4, 0.5) is 8.78 Å². The summed E-state index contributed by atoms with van der Waals surface area (Å²) in [5.41, 5.74) is 1.61. The van der Waals surface area contributed by atoms with Crippen LogP contribution in [-0.2, 0) is 0 Å². The van der Waals surface area contributed by atoms with Gasteiger partial charge in [-0.3, -0.25) is 4.98 Å². The lowest BCUT2D eigenvalue weighted by molar-refractivity contribution is 0.528. The maximum absolute atomic E-state index is 13.0. The van der Waals surface area contributed by atoms with E-state index in [1.165, 1.54) is 6.20 Å². The minimum absolute atomic E-state index is 0.0677. The molecule has 2 rings (SSSR count). The van der Waals surface area contributed by atoms with Crippen molar-refractivity contribution in [2.45, 2.75) is 0 Å². The molecule has 0 amide bonds. The molecule has 0 aliphatic carbocycles. The number of allylic oxidation sites excluding steroid dienone is 4. The average molecular weight is 306 g/mol. The zero-order chi connectivity index (χ0) is 15.4. The summed E-state index contributed by atoms with van der Waals surface area (Å²) in [6, 6.07) is 3.85. The van der Waals surface area contributed by atoms with Gasteiger partial charge in [0.15, 0.2) is 5.82 Å². The van der Waals surface area contributed by atoms with E-state index < -0.39 is 11.9 Å². The average Bonchev–Trinajstić information content (AvgIpc) is 2.44. The van der Waals surface area contributed by atoms with Crippen LogP contribution >= 0.6 is 11.6 Å². The van der Waals surface area contributed by atoms with Gasteiger partial charge in [-0.1, -0.05) is 30.8 Å². The number of pyridine rings is 1. The van der Waals surface area contributed by atoms with Gasteiger partial charge in [-0.2, -0.15) is 18.7 Å². The largest absolute Gasteiger partial charge is 0.256 e. The van der Waals surface area contributed by atoms with Crippen molar-refractivity contribution in [1.29, 1.82) is 0 Å². The SMILES string of the molecule is C=C(Cl)/C=C\C(=C)c1ccc(-c2nc(F)cc(F)n2)cn1. The summed E-state index contributed by atoms with van der Waals surface area (Å²) in [6.07, 6.45) is 4.66. The molecule has 0 fully saturated rings. The van der Waals surface area contributed by atoms with Crippen LogP contribution in [0.3, 0.4) is 0 Å². The minimum Gasteiger partial charge on any atom is -0.256 e. The fourth-order valence-electron chi connectivity index (χ4n) is 1.51. The van der Waals surface area contributed by atoms with E-state index in [0.29, 0.717) is 27.9 Å². The van der Waals surface area contributed by atoms with Crippen LogP contribution < -0.4 is 0 Å². The van der Waals surface area contributed by atoms with Gasteiger partial charge in [-0.25, -0.2) is 0 Å². The second-order valence-electron chi connectivity index (χ2n) is 4.07. The van der Waals surface area contributed by atoms with Crippen LogP contribution in [-0.4, -0.2) is 15.0 Å². The van der Waals surface area contributed by atoms with Crippen LogP contribution in [0.15, 0.2) is 54.7 Å². The fourth-order valence-corrected chi connectivity index (χ4v) is 1.57. The standard InChI is InChI=1S/C15H10ClF2N3/c1-9(3-4-10(2)16)12-6-5-11(8-19-12)15-20-13(17)7-14(18)21-15/h3-8H,1-2H2/b4-3-. The molecule has 2 aromatic heterocycles. The first-order valence-electron chi connectivity index (χ1n) is 5.84. The Labute approximate surface area is 125 Å². The first-order valence-corrected chi connectivity index (χ1v) is 6.22. The molecule has 0 atom stereocenters. The van der Waals surface area contributed by atoms with E-state index in [9.17, 15) is 8.78 Å². The van der Waals surface area contributed by atoms with Crippen molar-refractivity contribution in [3.8, 4) is 11.4 Å². The highest BCUT2D eigenvalue weighted by Gasteiger charge is 2.07. The normalized spacial score (nSPS) is 10.8. The van der Waals surface area contributed by atoms with Crippen molar-refractivity contribution in [3.63, 3.8) is 0 Å². The molecule has 21 heavy (non-hydrogen) atoms. The molecule has 0 unspecified atom stereocenters. The molecule has 2 heterocycles. The highest BCUT2D eigenvalue weighted by atomic mass is 35.5. The summed E-state index contributed by atoms with van der Waals surface area (Å²) in [5, 5.41) is 0.372. The molecule has 0 N–H and O–H groups in total. The molecule has 0 saturated heterocycles. The quantitative estimate of drug-likeness (QED) is 0.629. The zero-order valence-corrected chi connectivity index (χ0v) is 11.6. The summed E-state index contributed by atoms with van der Waals surface area (Å²) in [4.78, 5) is 11.2. The van der Waals surface area contributed by atoms with Gasteiger partial charge < -0.3 is 0 Å². The van der Waals surface area contributed by atoms with Gasteiger partial charge in [0.2, 0.25) is 11.9 Å². The Morgan fingerprint density at radius 1 is 1.10 bits per heavy atom.